The first-order valence-corrected chi connectivity index (χ1v) is 7.09. The van der Waals surface area contributed by atoms with E-state index >= 15 is 0 Å². The Balaban J connectivity index is 2.25. The number of carbonyl (C=O) groups excluding carboxylic acids is 1. The maximum Gasteiger partial charge on any atom is 0.262 e. The fraction of sp³-hybridized carbons (Fsp3) is 0.357. The molecule has 1 aromatic carbocycles. The van der Waals surface area contributed by atoms with Crippen LogP contribution in [0.1, 0.15) is 24.7 Å². The van der Waals surface area contributed by atoms with Crippen molar-refractivity contribution in [2.24, 2.45) is 0 Å². The molecule has 104 valence electrons. The van der Waals surface area contributed by atoms with Crippen LogP contribution in [0.15, 0.2) is 29.1 Å². The molecule has 1 N–H and O–H groups in total. The smallest absolute Gasteiger partial charge is 0.262 e. The number of rotatable bonds is 2. The molecule has 5 nitrogen and oxygen atoms in total. The predicted octanol–water partition coefficient (Wildman–Crippen LogP) is 1.59. The van der Waals surface area contributed by atoms with E-state index in [0.717, 1.165) is 6.42 Å². The summed E-state index contributed by atoms with van der Waals surface area (Å²) in [4.78, 5) is 29.1. The van der Waals surface area contributed by atoms with E-state index < -0.39 is 6.04 Å². The summed E-state index contributed by atoms with van der Waals surface area (Å²) in [6, 6.07) is 6.60. The topological polar surface area (TPSA) is 64.0 Å². The summed E-state index contributed by atoms with van der Waals surface area (Å²) >= 11 is 5.92. The molecule has 1 aliphatic rings. The third kappa shape index (κ3) is 2.08. The maximum atomic E-state index is 12.6. The lowest BCUT2D eigenvalue weighted by molar-refractivity contribution is -0.126. The number of piperidine rings is 1. The summed E-state index contributed by atoms with van der Waals surface area (Å²) in [5, 5.41) is 3.30. The third-order valence-corrected chi connectivity index (χ3v) is 3.81. The highest BCUT2D eigenvalue weighted by molar-refractivity contribution is 6.16. The van der Waals surface area contributed by atoms with Gasteiger partial charge in [-0.3, -0.25) is 14.2 Å². The number of fused-ring (bicyclic) bond motifs is 1. The second kappa shape index (κ2) is 5.25. The van der Waals surface area contributed by atoms with Gasteiger partial charge in [0.2, 0.25) is 5.91 Å². The molecule has 1 aromatic heterocycles. The van der Waals surface area contributed by atoms with Crippen molar-refractivity contribution in [3.63, 3.8) is 0 Å². The first kappa shape index (κ1) is 13.1. The molecule has 1 fully saturated rings. The van der Waals surface area contributed by atoms with Crippen molar-refractivity contribution >= 4 is 28.4 Å². The fourth-order valence-corrected chi connectivity index (χ4v) is 2.80. The van der Waals surface area contributed by atoms with Gasteiger partial charge in [0.15, 0.2) is 0 Å². The van der Waals surface area contributed by atoms with Gasteiger partial charge in [-0.2, -0.15) is 0 Å². The first-order chi connectivity index (χ1) is 9.72. The number of aromatic nitrogens is 2. The average molecular weight is 292 g/mol. The van der Waals surface area contributed by atoms with Gasteiger partial charge in [0.25, 0.3) is 5.56 Å². The van der Waals surface area contributed by atoms with E-state index in [9.17, 15) is 9.59 Å². The van der Waals surface area contributed by atoms with E-state index in [-0.39, 0.29) is 17.3 Å². The molecule has 1 saturated heterocycles. The maximum absolute atomic E-state index is 12.6. The number of para-hydroxylation sites is 1. The normalized spacial score (nSPS) is 19.1. The number of nitrogens with zero attached hydrogens (tertiary/aromatic N) is 2. The van der Waals surface area contributed by atoms with Crippen LogP contribution in [0, 0.1) is 0 Å². The number of carbonyl (C=O) groups is 1. The minimum Gasteiger partial charge on any atom is -0.354 e. The Hall–Kier alpha value is -1.88. The van der Waals surface area contributed by atoms with Crippen LogP contribution in [0.5, 0.6) is 0 Å². The van der Waals surface area contributed by atoms with Crippen LogP contribution in [0.25, 0.3) is 10.9 Å². The Morgan fingerprint density at radius 1 is 1.35 bits per heavy atom. The Bertz CT molecular complexity index is 726. The van der Waals surface area contributed by atoms with Crippen LogP contribution in [0.4, 0.5) is 0 Å². The average Bonchev–Trinajstić information content (AvgIpc) is 2.48. The van der Waals surface area contributed by atoms with Crippen molar-refractivity contribution in [2.75, 3.05) is 6.54 Å². The van der Waals surface area contributed by atoms with Crippen LogP contribution in [-0.2, 0) is 10.7 Å². The minimum absolute atomic E-state index is 0.101. The predicted molar refractivity (Wildman–Crippen MR) is 76.8 cm³/mol. The number of hydrogen-bond acceptors (Lipinski definition) is 3. The van der Waals surface area contributed by atoms with Gasteiger partial charge in [0, 0.05) is 6.54 Å². The Labute approximate surface area is 120 Å². The van der Waals surface area contributed by atoms with Gasteiger partial charge >= 0.3 is 0 Å². The zero-order chi connectivity index (χ0) is 14.1. The molecule has 1 amide bonds. The number of amides is 1. The van der Waals surface area contributed by atoms with Crippen LogP contribution >= 0.6 is 11.6 Å². The van der Waals surface area contributed by atoms with E-state index in [1.54, 1.807) is 18.2 Å². The molecule has 6 heteroatoms. The van der Waals surface area contributed by atoms with Gasteiger partial charge < -0.3 is 5.32 Å². The van der Waals surface area contributed by atoms with Crippen LogP contribution in [0.3, 0.4) is 0 Å². The Kier molecular flexibility index (Phi) is 3.44. The summed E-state index contributed by atoms with van der Waals surface area (Å²) in [7, 11) is 0. The highest BCUT2D eigenvalue weighted by atomic mass is 35.5. The lowest BCUT2D eigenvalue weighted by atomic mass is 10.1. The molecule has 0 bridgehead atoms. The standard InChI is InChI=1S/C14H14ClN3O2/c15-8-12-17-10-5-2-1-4-9(10)14(20)18(12)11-6-3-7-16-13(11)19/h1-2,4-5,11H,3,6-8H2,(H,16,19). The van der Waals surface area contributed by atoms with Gasteiger partial charge in [-0.05, 0) is 25.0 Å². The summed E-state index contributed by atoms with van der Waals surface area (Å²) in [5.74, 6) is 0.406. The Morgan fingerprint density at radius 3 is 2.90 bits per heavy atom. The molecule has 20 heavy (non-hydrogen) atoms. The Morgan fingerprint density at radius 2 is 2.15 bits per heavy atom. The number of alkyl halides is 1. The number of halogens is 1. The quantitative estimate of drug-likeness (QED) is 0.855. The van der Waals surface area contributed by atoms with Crippen molar-refractivity contribution < 1.29 is 4.79 Å². The highest BCUT2D eigenvalue weighted by Crippen LogP contribution is 2.20. The van der Waals surface area contributed by atoms with Crippen LogP contribution < -0.4 is 10.9 Å². The molecule has 1 unspecified atom stereocenters. The second-order valence-corrected chi connectivity index (χ2v) is 5.07. The van der Waals surface area contributed by atoms with Crippen molar-refractivity contribution in [3.05, 3.63) is 40.4 Å². The van der Waals surface area contributed by atoms with Gasteiger partial charge in [0.05, 0.1) is 16.8 Å². The molecule has 2 aromatic rings. The van der Waals surface area contributed by atoms with E-state index in [4.69, 9.17) is 11.6 Å². The second-order valence-electron chi connectivity index (χ2n) is 4.80. The molecule has 1 aliphatic heterocycles. The van der Waals surface area contributed by atoms with E-state index in [2.05, 4.69) is 10.3 Å². The molecule has 0 spiro atoms. The molecular formula is C14H14ClN3O2. The fourth-order valence-electron chi connectivity index (χ4n) is 2.61. The number of nitrogens with one attached hydrogen (secondary N) is 1. The van der Waals surface area contributed by atoms with Crippen LogP contribution in [0.2, 0.25) is 0 Å². The molecule has 0 aliphatic carbocycles. The van der Waals surface area contributed by atoms with Crippen molar-refractivity contribution in [2.45, 2.75) is 24.8 Å². The van der Waals surface area contributed by atoms with Crippen molar-refractivity contribution in [3.8, 4) is 0 Å². The van der Waals surface area contributed by atoms with Gasteiger partial charge in [-0.25, -0.2) is 4.98 Å². The highest BCUT2D eigenvalue weighted by Gasteiger charge is 2.27. The number of hydrogen-bond donors (Lipinski definition) is 1. The zero-order valence-electron chi connectivity index (χ0n) is 10.8. The zero-order valence-corrected chi connectivity index (χ0v) is 11.6. The van der Waals surface area contributed by atoms with Gasteiger partial charge in [0.1, 0.15) is 11.9 Å². The van der Waals surface area contributed by atoms with Gasteiger partial charge in [-0.15, -0.1) is 11.6 Å². The van der Waals surface area contributed by atoms with E-state index in [1.165, 1.54) is 4.57 Å². The molecular weight excluding hydrogens is 278 g/mol. The first-order valence-electron chi connectivity index (χ1n) is 6.56. The summed E-state index contributed by atoms with van der Waals surface area (Å²) < 4.78 is 1.45. The SMILES string of the molecule is O=C1NCCCC1n1c(CCl)nc2ccccc2c1=O. The van der Waals surface area contributed by atoms with Crippen molar-refractivity contribution in [1.82, 2.24) is 14.9 Å². The van der Waals surface area contributed by atoms with Gasteiger partial charge in [-0.1, -0.05) is 12.1 Å². The number of benzene rings is 1. The molecule has 1 atom stereocenters. The van der Waals surface area contributed by atoms with Crippen LogP contribution in [-0.4, -0.2) is 22.0 Å². The van der Waals surface area contributed by atoms with E-state index in [0.29, 0.717) is 29.7 Å². The molecule has 3 rings (SSSR count). The monoisotopic (exact) mass is 291 g/mol. The van der Waals surface area contributed by atoms with Crippen molar-refractivity contribution in [1.29, 1.82) is 0 Å². The largest absolute Gasteiger partial charge is 0.354 e. The van der Waals surface area contributed by atoms with E-state index in [1.807, 2.05) is 6.07 Å². The molecule has 0 saturated carbocycles. The summed E-state index contributed by atoms with van der Waals surface area (Å²) in [5.41, 5.74) is 0.411. The molecule has 0 radical (unpaired) electrons. The summed E-state index contributed by atoms with van der Waals surface area (Å²) in [6.45, 7) is 0.654. The lowest BCUT2D eigenvalue weighted by Crippen LogP contribution is -2.42. The summed E-state index contributed by atoms with van der Waals surface area (Å²) in [6.07, 6.45) is 1.48. The molecule has 2 heterocycles. The third-order valence-electron chi connectivity index (χ3n) is 3.57. The minimum atomic E-state index is -0.512. The lowest BCUT2D eigenvalue weighted by Gasteiger charge is -2.25.